The first-order valence-corrected chi connectivity index (χ1v) is 8.55. The zero-order valence-corrected chi connectivity index (χ0v) is 14.8. The maximum Gasteiger partial charge on any atom is 0.273 e. The topological polar surface area (TPSA) is 94.0 Å². The van der Waals surface area contributed by atoms with E-state index in [-0.39, 0.29) is 17.6 Å². The molecule has 2 aromatic heterocycles. The summed E-state index contributed by atoms with van der Waals surface area (Å²) >= 11 is 0. The van der Waals surface area contributed by atoms with Crippen LogP contribution in [0.1, 0.15) is 47.4 Å². The Balaban J connectivity index is 1.59. The zero-order valence-electron chi connectivity index (χ0n) is 14.8. The number of nitrogens with zero attached hydrogens (tertiary/aromatic N) is 2. The number of rotatable bonds is 6. The van der Waals surface area contributed by atoms with Crippen LogP contribution in [0.15, 0.2) is 59.4 Å². The molecule has 6 heteroatoms. The van der Waals surface area contributed by atoms with Crippen LogP contribution < -0.4 is 11.1 Å². The van der Waals surface area contributed by atoms with E-state index in [1.54, 1.807) is 24.5 Å². The molecule has 3 rings (SSSR count). The first-order valence-electron chi connectivity index (χ1n) is 8.55. The van der Waals surface area contributed by atoms with Gasteiger partial charge in [0, 0.05) is 36.6 Å². The van der Waals surface area contributed by atoms with Crippen molar-refractivity contribution in [3.8, 4) is 11.3 Å². The molecule has 6 nitrogen and oxygen atoms in total. The lowest BCUT2D eigenvalue weighted by atomic mass is 9.99. The van der Waals surface area contributed by atoms with Crippen LogP contribution in [-0.4, -0.2) is 22.6 Å². The van der Waals surface area contributed by atoms with Gasteiger partial charge in [0.2, 0.25) is 0 Å². The van der Waals surface area contributed by atoms with E-state index in [9.17, 15) is 4.79 Å². The highest BCUT2D eigenvalue weighted by Crippen LogP contribution is 2.19. The fourth-order valence-corrected chi connectivity index (χ4v) is 2.57. The predicted molar refractivity (Wildman–Crippen MR) is 99.5 cm³/mol. The van der Waals surface area contributed by atoms with Crippen LogP contribution in [0.3, 0.4) is 0 Å². The monoisotopic (exact) mass is 350 g/mol. The van der Waals surface area contributed by atoms with E-state index < -0.39 is 0 Å². The second-order valence-corrected chi connectivity index (χ2v) is 6.46. The molecule has 1 amide bonds. The minimum atomic E-state index is -0.321. The Kier molecular flexibility index (Phi) is 5.43. The Morgan fingerprint density at radius 3 is 2.58 bits per heavy atom. The van der Waals surface area contributed by atoms with Crippen molar-refractivity contribution >= 4 is 5.91 Å². The van der Waals surface area contributed by atoms with Crippen LogP contribution in [0.4, 0.5) is 0 Å². The van der Waals surface area contributed by atoms with Crippen LogP contribution in [0.2, 0.25) is 0 Å². The van der Waals surface area contributed by atoms with Gasteiger partial charge in [0.05, 0.1) is 0 Å². The second-order valence-electron chi connectivity index (χ2n) is 6.46. The molecule has 0 aliphatic carbocycles. The lowest BCUT2D eigenvalue weighted by molar-refractivity contribution is 0.0942. The number of hydrogen-bond donors (Lipinski definition) is 2. The Hall–Kier alpha value is -2.99. The predicted octanol–water partition coefficient (Wildman–Crippen LogP) is 3.29. The summed E-state index contributed by atoms with van der Waals surface area (Å²) in [7, 11) is 0. The average molecular weight is 350 g/mol. The highest BCUT2D eigenvalue weighted by Gasteiger charge is 2.15. The Morgan fingerprint density at radius 2 is 1.92 bits per heavy atom. The number of carbonyl (C=O) groups is 1. The Bertz CT molecular complexity index is 857. The standard InChI is InChI=1S/C20H22N4O2/c1-13(2)14-5-7-15(8-6-14)17(21)12-23-20(25)18-10-19(26-24-18)16-4-3-9-22-11-16/h3-11,13,17H,12,21H2,1-2H3,(H,23,25). The summed E-state index contributed by atoms with van der Waals surface area (Å²) in [6.07, 6.45) is 3.32. The van der Waals surface area contributed by atoms with Crippen molar-refractivity contribution in [2.45, 2.75) is 25.8 Å². The summed E-state index contributed by atoms with van der Waals surface area (Å²) in [6.45, 7) is 4.61. The van der Waals surface area contributed by atoms with Gasteiger partial charge in [0.25, 0.3) is 5.91 Å². The minimum absolute atomic E-state index is 0.214. The molecule has 3 N–H and O–H groups in total. The number of nitrogens with two attached hydrogens (primary N) is 1. The molecule has 134 valence electrons. The van der Waals surface area contributed by atoms with Crippen molar-refractivity contribution in [2.75, 3.05) is 6.54 Å². The smallest absolute Gasteiger partial charge is 0.273 e. The van der Waals surface area contributed by atoms with Crippen LogP contribution in [-0.2, 0) is 0 Å². The van der Waals surface area contributed by atoms with E-state index in [0.717, 1.165) is 11.1 Å². The Morgan fingerprint density at radius 1 is 1.19 bits per heavy atom. The maximum atomic E-state index is 12.3. The van der Waals surface area contributed by atoms with Gasteiger partial charge in [-0.2, -0.15) is 0 Å². The molecule has 0 spiro atoms. The van der Waals surface area contributed by atoms with Gasteiger partial charge in [-0.3, -0.25) is 9.78 Å². The number of nitrogens with one attached hydrogen (secondary N) is 1. The molecule has 0 radical (unpaired) electrons. The molecule has 0 fully saturated rings. The third-order valence-electron chi connectivity index (χ3n) is 4.20. The highest BCUT2D eigenvalue weighted by molar-refractivity contribution is 5.93. The summed E-state index contributed by atoms with van der Waals surface area (Å²) in [5, 5.41) is 6.62. The van der Waals surface area contributed by atoms with Crippen molar-refractivity contribution in [1.29, 1.82) is 0 Å². The van der Waals surface area contributed by atoms with Crippen LogP contribution in [0.5, 0.6) is 0 Å². The van der Waals surface area contributed by atoms with Crippen LogP contribution in [0, 0.1) is 0 Å². The second kappa shape index (κ2) is 7.93. The lowest BCUT2D eigenvalue weighted by Gasteiger charge is -2.14. The summed E-state index contributed by atoms with van der Waals surface area (Å²) in [4.78, 5) is 16.3. The van der Waals surface area contributed by atoms with Gasteiger partial charge in [-0.15, -0.1) is 0 Å². The van der Waals surface area contributed by atoms with E-state index in [0.29, 0.717) is 18.2 Å². The van der Waals surface area contributed by atoms with E-state index in [1.807, 2.05) is 18.2 Å². The molecule has 3 aromatic rings. The highest BCUT2D eigenvalue weighted by atomic mass is 16.5. The quantitative estimate of drug-likeness (QED) is 0.711. The molecule has 2 heterocycles. The summed E-state index contributed by atoms with van der Waals surface area (Å²) in [6, 6.07) is 13.1. The van der Waals surface area contributed by atoms with E-state index in [1.165, 1.54) is 5.56 Å². The van der Waals surface area contributed by atoms with Crippen LogP contribution >= 0.6 is 0 Å². The minimum Gasteiger partial charge on any atom is -0.355 e. The summed E-state index contributed by atoms with van der Waals surface area (Å²) in [5.74, 6) is 0.649. The van der Waals surface area contributed by atoms with Crippen molar-refractivity contribution in [3.05, 3.63) is 71.7 Å². The molecule has 1 atom stereocenters. The van der Waals surface area contributed by atoms with Gasteiger partial charge in [-0.1, -0.05) is 43.3 Å². The molecular weight excluding hydrogens is 328 g/mol. The molecule has 0 saturated heterocycles. The normalized spacial score (nSPS) is 12.2. The fourth-order valence-electron chi connectivity index (χ4n) is 2.57. The van der Waals surface area contributed by atoms with E-state index >= 15 is 0 Å². The lowest BCUT2D eigenvalue weighted by Crippen LogP contribution is -2.32. The van der Waals surface area contributed by atoms with Gasteiger partial charge < -0.3 is 15.6 Å². The van der Waals surface area contributed by atoms with Crippen molar-refractivity contribution < 1.29 is 9.32 Å². The number of pyridine rings is 1. The van der Waals surface area contributed by atoms with Gasteiger partial charge in [-0.05, 0) is 29.2 Å². The fraction of sp³-hybridized carbons (Fsp3) is 0.250. The largest absolute Gasteiger partial charge is 0.355 e. The third-order valence-corrected chi connectivity index (χ3v) is 4.20. The number of amides is 1. The molecule has 0 saturated carbocycles. The molecule has 0 aliphatic rings. The first kappa shape index (κ1) is 17.8. The number of carbonyl (C=O) groups excluding carboxylic acids is 1. The Labute approximate surface area is 152 Å². The zero-order chi connectivity index (χ0) is 18.5. The number of hydrogen-bond acceptors (Lipinski definition) is 5. The molecule has 0 bridgehead atoms. The molecule has 1 aromatic carbocycles. The summed E-state index contributed by atoms with van der Waals surface area (Å²) < 4.78 is 5.22. The van der Waals surface area contributed by atoms with Crippen molar-refractivity contribution in [3.63, 3.8) is 0 Å². The summed E-state index contributed by atoms with van der Waals surface area (Å²) in [5.41, 5.74) is 9.39. The van der Waals surface area contributed by atoms with Crippen LogP contribution in [0.25, 0.3) is 11.3 Å². The average Bonchev–Trinajstić information content (AvgIpc) is 3.17. The van der Waals surface area contributed by atoms with Crippen molar-refractivity contribution in [1.82, 2.24) is 15.5 Å². The van der Waals surface area contributed by atoms with Gasteiger partial charge in [0.1, 0.15) is 0 Å². The van der Waals surface area contributed by atoms with E-state index in [2.05, 4.69) is 41.4 Å². The first-order chi connectivity index (χ1) is 12.5. The van der Waals surface area contributed by atoms with Gasteiger partial charge >= 0.3 is 0 Å². The third kappa shape index (κ3) is 4.15. The molecule has 1 unspecified atom stereocenters. The van der Waals surface area contributed by atoms with Gasteiger partial charge in [0.15, 0.2) is 11.5 Å². The SMILES string of the molecule is CC(C)c1ccc(C(N)CNC(=O)c2cc(-c3cccnc3)on2)cc1. The number of benzene rings is 1. The van der Waals surface area contributed by atoms with E-state index in [4.69, 9.17) is 10.3 Å². The number of aromatic nitrogens is 2. The van der Waals surface area contributed by atoms with Gasteiger partial charge in [-0.25, -0.2) is 0 Å². The molecular formula is C20H22N4O2. The maximum absolute atomic E-state index is 12.3. The molecule has 0 aliphatic heterocycles. The van der Waals surface area contributed by atoms with Crippen molar-refractivity contribution in [2.24, 2.45) is 5.73 Å². The molecule has 26 heavy (non-hydrogen) atoms.